The van der Waals surface area contributed by atoms with Gasteiger partial charge in [0.05, 0.1) is 6.20 Å². The minimum Gasteiger partial charge on any atom is -0.485 e. The number of hydrogen-bond donors (Lipinski definition) is 1. The van der Waals surface area contributed by atoms with Crippen molar-refractivity contribution in [2.45, 2.75) is 47.4 Å². The highest BCUT2D eigenvalue weighted by atomic mass is 16.5. The van der Waals surface area contributed by atoms with E-state index in [4.69, 9.17) is 9.15 Å². The molecule has 0 saturated carbocycles. The standard InChI is InChI=1S/C21H25N3O3/c1-5-24-16(4)17(12-23-24)11-22-21(25)19-10-9-18(27-19)13-26-20-14(2)7-6-8-15(20)3/h6-10,12H,5,11,13H2,1-4H3,(H,22,25). The number of amides is 1. The Morgan fingerprint density at radius 3 is 2.59 bits per heavy atom. The van der Waals surface area contributed by atoms with Gasteiger partial charge in [0.1, 0.15) is 18.1 Å². The van der Waals surface area contributed by atoms with Crippen LogP contribution in [0, 0.1) is 20.8 Å². The highest BCUT2D eigenvalue weighted by Crippen LogP contribution is 2.23. The third kappa shape index (κ3) is 4.22. The minimum absolute atomic E-state index is 0.253. The molecule has 0 saturated heterocycles. The predicted molar refractivity (Wildman–Crippen MR) is 103 cm³/mol. The summed E-state index contributed by atoms with van der Waals surface area (Å²) in [5, 5.41) is 7.15. The zero-order valence-corrected chi connectivity index (χ0v) is 16.2. The molecule has 0 fully saturated rings. The number of aromatic nitrogens is 2. The van der Waals surface area contributed by atoms with Crippen LogP contribution in [0.4, 0.5) is 0 Å². The second-order valence-corrected chi connectivity index (χ2v) is 6.53. The van der Waals surface area contributed by atoms with E-state index in [0.29, 0.717) is 12.3 Å². The summed E-state index contributed by atoms with van der Waals surface area (Å²) >= 11 is 0. The van der Waals surface area contributed by atoms with Crippen molar-refractivity contribution in [1.82, 2.24) is 15.1 Å². The molecule has 6 nitrogen and oxygen atoms in total. The normalized spacial score (nSPS) is 10.8. The molecule has 3 rings (SSSR count). The number of carbonyl (C=O) groups is 1. The molecular formula is C21H25N3O3. The van der Waals surface area contributed by atoms with Crippen molar-refractivity contribution in [3.8, 4) is 5.75 Å². The van der Waals surface area contributed by atoms with Crippen molar-refractivity contribution in [2.75, 3.05) is 0 Å². The lowest BCUT2D eigenvalue weighted by molar-refractivity contribution is 0.0919. The van der Waals surface area contributed by atoms with Crippen LogP contribution in [0.5, 0.6) is 5.75 Å². The van der Waals surface area contributed by atoms with Crippen LogP contribution in [0.25, 0.3) is 0 Å². The number of para-hydroxylation sites is 1. The zero-order valence-electron chi connectivity index (χ0n) is 16.2. The van der Waals surface area contributed by atoms with Crippen LogP contribution in [-0.4, -0.2) is 15.7 Å². The van der Waals surface area contributed by atoms with Crippen LogP contribution in [0.1, 0.15) is 45.6 Å². The second-order valence-electron chi connectivity index (χ2n) is 6.53. The number of hydrogen-bond acceptors (Lipinski definition) is 4. The van der Waals surface area contributed by atoms with E-state index in [0.717, 1.165) is 34.7 Å². The first-order chi connectivity index (χ1) is 13.0. The van der Waals surface area contributed by atoms with Gasteiger partial charge in [-0.25, -0.2) is 0 Å². The van der Waals surface area contributed by atoms with Gasteiger partial charge in [0, 0.05) is 24.3 Å². The topological polar surface area (TPSA) is 69.3 Å². The van der Waals surface area contributed by atoms with Crippen molar-refractivity contribution in [2.24, 2.45) is 0 Å². The molecule has 0 aliphatic carbocycles. The SMILES string of the molecule is CCn1ncc(CNC(=O)c2ccc(COc3c(C)cccc3C)o2)c1C. The van der Waals surface area contributed by atoms with E-state index in [1.54, 1.807) is 18.3 Å². The Hall–Kier alpha value is -3.02. The van der Waals surface area contributed by atoms with Gasteiger partial charge >= 0.3 is 0 Å². The summed E-state index contributed by atoms with van der Waals surface area (Å²) in [5.41, 5.74) is 4.19. The second kappa shape index (κ2) is 8.12. The fourth-order valence-electron chi connectivity index (χ4n) is 2.99. The van der Waals surface area contributed by atoms with E-state index in [1.165, 1.54) is 0 Å². The van der Waals surface area contributed by atoms with Crippen molar-refractivity contribution in [1.29, 1.82) is 0 Å². The summed E-state index contributed by atoms with van der Waals surface area (Å²) < 4.78 is 13.4. The lowest BCUT2D eigenvalue weighted by Gasteiger charge is -2.10. The Morgan fingerprint density at radius 2 is 1.93 bits per heavy atom. The number of nitrogens with one attached hydrogen (secondary N) is 1. The smallest absolute Gasteiger partial charge is 0.287 e. The predicted octanol–water partition coefficient (Wildman–Crippen LogP) is 3.93. The van der Waals surface area contributed by atoms with Gasteiger partial charge in [-0.1, -0.05) is 18.2 Å². The van der Waals surface area contributed by atoms with Gasteiger partial charge in [-0.3, -0.25) is 9.48 Å². The lowest BCUT2D eigenvalue weighted by Crippen LogP contribution is -2.22. The van der Waals surface area contributed by atoms with Crippen molar-refractivity contribution < 1.29 is 13.9 Å². The van der Waals surface area contributed by atoms with Gasteiger partial charge in [0.25, 0.3) is 5.91 Å². The molecule has 1 amide bonds. The van der Waals surface area contributed by atoms with Gasteiger partial charge in [-0.05, 0) is 51.0 Å². The molecule has 2 heterocycles. The van der Waals surface area contributed by atoms with E-state index < -0.39 is 0 Å². The molecule has 1 aromatic carbocycles. The molecule has 0 unspecified atom stereocenters. The molecule has 6 heteroatoms. The van der Waals surface area contributed by atoms with Crippen LogP contribution in [0.2, 0.25) is 0 Å². The van der Waals surface area contributed by atoms with Gasteiger partial charge in [-0.15, -0.1) is 0 Å². The van der Waals surface area contributed by atoms with E-state index >= 15 is 0 Å². The average Bonchev–Trinajstić information content (AvgIpc) is 3.26. The van der Waals surface area contributed by atoms with E-state index in [1.807, 2.05) is 50.6 Å². The Bertz CT molecular complexity index is 920. The summed E-state index contributed by atoms with van der Waals surface area (Å²) in [6.07, 6.45) is 1.78. The molecule has 142 valence electrons. The first-order valence-electron chi connectivity index (χ1n) is 9.06. The minimum atomic E-state index is -0.253. The van der Waals surface area contributed by atoms with Gasteiger partial charge in [0.2, 0.25) is 0 Å². The molecule has 0 radical (unpaired) electrons. The number of ether oxygens (including phenoxy) is 1. The Balaban J connectivity index is 1.58. The molecule has 3 aromatic rings. The summed E-state index contributed by atoms with van der Waals surface area (Å²) in [4.78, 5) is 12.3. The first-order valence-corrected chi connectivity index (χ1v) is 9.06. The van der Waals surface area contributed by atoms with E-state index in [9.17, 15) is 4.79 Å². The van der Waals surface area contributed by atoms with Crippen LogP contribution in [-0.2, 0) is 19.7 Å². The average molecular weight is 367 g/mol. The molecule has 1 N–H and O–H groups in total. The van der Waals surface area contributed by atoms with Crippen molar-refractivity contribution >= 4 is 5.91 Å². The van der Waals surface area contributed by atoms with E-state index in [-0.39, 0.29) is 18.3 Å². The van der Waals surface area contributed by atoms with Crippen LogP contribution >= 0.6 is 0 Å². The molecule has 0 atom stereocenters. The summed E-state index contributed by atoms with van der Waals surface area (Å²) in [5.74, 6) is 1.48. The molecule has 0 aliphatic rings. The van der Waals surface area contributed by atoms with Crippen LogP contribution in [0.3, 0.4) is 0 Å². The largest absolute Gasteiger partial charge is 0.485 e. The van der Waals surface area contributed by atoms with Gasteiger partial charge in [0.15, 0.2) is 5.76 Å². The Labute approximate surface area is 159 Å². The maximum absolute atomic E-state index is 12.3. The molecule has 2 aromatic heterocycles. The molecular weight excluding hydrogens is 342 g/mol. The van der Waals surface area contributed by atoms with Crippen molar-refractivity contribution in [3.63, 3.8) is 0 Å². The number of furan rings is 1. The van der Waals surface area contributed by atoms with Gasteiger partial charge in [-0.2, -0.15) is 5.10 Å². The van der Waals surface area contributed by atoms with Crippen LogP contribution in [0.15, 0.2) is 40.9 Å². The van der Waals surface area contributed by atoms with Gasteiger partial charge < -0.3 is 14.5 Å². The number of aryl methyl sites for hydroxylation is 3. The number of rotatable bonds is 7. The third-order valence-electron chi connectivity index (χ3n) is 4.60. The maximum atomic E-state index is 12.3. The summed E-state index contributed by atoms with van der Waals surface area (Å²) in [6, 6.07) is 9.45. The van der Waals surface area contributed by atoms with E-state index in [2.05, 4.69) is 10.4 Å². The molecule has 0 bridgehead atoms. The molecule has 0 aliphatic heterocycles. The summed E-state index contributed by atoms with van der Waals surface area (Å²) in [7, 11) is 0. The zero-order chi connectivity index (χ0) is 19.4. The monoisotopic (exact) mass is 367 g/mol. The number of carbonyl (C=O) groups excluding carboxylic acids is 1. The fourth-order valence-corrected chi connectivity index (χ4v) is 2.99. The quantitative estimate of drug-likeness (QED) is 0.687. The van der Waals surface area contributed by atoms with Crippen molar-refractivity contribution in [3.05, 3.63) is 70.4 Å². The van der Waals surface area contributed by atoms with Crippen LogP contribution < -0.4 is 10.1 Å². The third-order valence-corrected chi connectivity index (χ3v) is 4.60. The summed E-state index contributed by atoms with van der Waals surface area (Å²) in [6.45, 7) is 9.54. The fraction of sp³-hybridized carbons (Fsp3) is 0.333. The number of benzene rings is 1. The molecule has 27 heavy (non-hydrogen) atoms. The highest BCUT2D eigenvalue weighted by molar-refractivity contribution is 5.91. The Kier molecular flexibility index (Phi) is 5.64. The Morgan fingerprint density at radius 1 is 1.19 bits per heavy atom. The maximum Gasteiger partial charge on any atom is 0.287 e. The highest BCUT2D eigenvalue weighted by Gasteiger charge is 2.13. The molecule has 0 spiro atoms. The lowest BCUT2D eigenvalue weighted by atomic mass is 10.1. The number of nitrogens with zero attached hydrogens (tertiary/aromatic N) is 2. The first kappa shape index (κ1) is 18.8.